The Kier molecular flexibility index (Phi) is 6.69. The topological polar surface area (TPSA) is 49.4 Å². The summed E-state index contributed by atoms with van der Waals surface area (Å²) in [7, 11) is 0. The summed E-state index contributed by atoms with van der Waals surface area (Å²) in [6, 6.07) is 26.8. The maximum atomic E-state index is 12.9. The summed E-state index contributed by atoms with van der Waals surface area (Å²) >= 11 is 0. The first-order chi connectivity index (χ1) is 15.5. The quantitative estimate of drug-likeness (QED) is 0.578. The highest BCUT2D eigenvalue weighted by Crippen LogP contribution is 2.29. The van der Waals surface area contributed by atoms with Crippen LogP contribution in [0.1, 0.15) is 41.0 Å². The molecule has 0 radical (unpaired) electrons. The van der Waals surface area contributed by atoms with Crippen LogP contribution in [-0.2, 0) is 9.59 Å². The summed E-state index contributed by atoms with van der Waals surface area (Å²) in [5.41, 5.74) is 5.70. The zero-order valence-corrected chi connectivity index (χ0v) is 18.8. The molecule has 1 fully saturated rings. The Morgan fingerprint density at radius 3 is 2.16 bits per heavy atom. The first-order valence-electron chi connectivity index (χ1n) is 11.3. The first-order valence-corrected chi connectivity index (χ1v) is 11.3. The van der Waals surface area contributed by atoms with Gasteiger partial charge in [-0.2, -0.15) is 0 Å². The van der Waals surface area contributed by atoms with Gasteiger partial charge in [0, 0.05) is 31.1 Å². The Hall–Kier alpha value is -3.40. The highest BCUT2D eigenvalue weighted by Gasteiger charge is 2.35. The van der Waals surface area contributed by atoms with Crippen molar-refractivity contribution in [2.45, 2.75) is 32.6 Å². The van der Waals surface area contributed by atoms with E-state index < -0.39 is 0 Å². The van der Waals surface area contributed by atoms with Crippen LogP contribution in [-0.4, -0.2) is 24.9 Å². The number of amides is 2. The average Bonchev–Trinajstić information content (AvgIpc) is 3.21. The molecule has 1 saturated heterocycles. The van der Waals surface area contributed by atoms with E-state index in [1.54, 1.807) is 4.90 Å². The molecule has 164 valence electrons. The molecule has 3 aromatic rings. The molecule has 0 aliphatic carbocycles. The zero-order valence-electron chi connectivity index (χ0n) is 18.8. The predicted octanol–water partition coefficient (Wildman–Crippen LogP) is 4.99. The van der Waals surface area contributed by atoms with Gasteiger partial charge in [0.25, 0.3) is 0 Å². The minimum absolute atomic E-state index is 0.0138. The van der Waals surface area contributed by atoms with Crippen LogP contribution in [0.2, 0.25) is 0 Å². The lowest BCUT2D eigenvalue weighted by Gasteiger charge is -2.20. The van der Waals surface area contributed by atoms with Crippen LogP contribution in [0.15, 0.2) is 78.9 Å². The molecule has 32 heavy (non-hydrogen) atoms. The molecule has 0 bridgehead atoms. The minimum Gasteiger partial charge on any atom is -0.356 e. The molecule has 0 aromatic heterocycles. The van der Waals surface area contributed by atoms with Gasteiger partial charge in [-0.3, -0.25) is 9.59 Å². The highest BCUT2D eigenvalue weighted by atomic mass is 16.2. The van der Waals surface area contributed by atoms with Crippen molar-refractivity contribution in [2.75, 3.05) is 18.0 Å². The van der Waals surface area contributed by atoms with Gasteiger partial charge in [0.1, 0.15) is 0 Å². The number of nitrogens with one attached hydrogen (secondary N) is 1. The molecule has 3 aromatic carbocycles. The molecule has 4 heteroatoms. The average molecular weight is 427 g/mol. The Balaban J connectivity index is 1.37. The second-order valence-corrected chi connectivity index (χ2v) is 8.63. The van der Waals surface area contributed by atoms with Gasteiger partial charge in [-0.05, 0) is 54.7 Å². The van der Waals surface area contributed by atoms with E-state index in [0.29, 0.717) is 13.1 Å². The van der Waals surface area contributed by atoms with Crippen LogP contribution in [0.5, 0.6) is 0 Å². The lowest BCUT2D eigenvalue weighted by atomic mass is 9.88. The van der Waals surface area contributed by atoms with Crippen molar-refractivity contribution in [2.24, 2.45) is 5.92 Å². The standard InChI is InChI=1S/C28H30N2O2/c1-20-13-14-25(17-21(20)2)30-19-24(18-27(30)31)28(32)29-16-15-26(22-9-5-3-6-10-22)23-11-7-4-8-12-23/h3-14,17,24,26H,15-16,18-19H2,1-2H3,(H,29,32)/t24-/m0/s1. The third kappa shape index (κ3) is 4.91. The normalized spacial score (nSPS) is 15.9. The van der Waals surface area contributed by atoms with E-state index in [2.05, 4.69) is 60.8 Å². The number of anilines is 1. The van der Waals surface area contributed by atoms with Crippen LogP contribution in [0.25, 0.3) is 0 Å². The third-order valence-electron chi connectivity index (χ3n) is 6.43. The Morgan fingerprint density at radius 1 is 0.938 bits per heavy atom. The van der Waals surface area contributed by atoms with Gasteiger partial charge >= 0.3 is 0 Å². The number of nitrogens with zero attached hydrogens (tertiary/aromatic N) is 1. The van der Waals surface area contributed by atoms with Crippen LogP contribution < -0.4 is 10.2 Å². The number of carbonyl (C=O) groups excluding carboxylic acids is 2. The molecule has 1 N–H and O–H groups in total. The number of benzene rings is 3. The monoisotopic (exact) mass is 426 g/mol. The van der Waals surface area contributed by atoms with E-state index >= 15 is 0 Å². The lowest BCUT2D eigenvalue weighted by Crippen LogP contribution is -2.34. The molecule has 4 rings (SSSR count). The molecule has 2 amide bonds. The van der Waals surface area contributed by atoms with Gasteiger partial charge < -0.3 is 10.2 Å². The van der Waals surface area contributed by atoms with Crippen LogP contribution in [0.4, 0.5) is 5.69 Å². The maximum Gasteiger partial charge on any atom is 0.227 e. The highest BCUT2D eigenvalue weighted by molar-refractivity contribution is 6.00. The van der Waals surface area contributed by atoms with Crippen LogP contribution in [0.3, 0.4) is 0 Å². The fourth-order valence-electron chi connectivity index (χ4n) is 4.41. The van der Waals surface area contributed by atoms with Gasteiger partial charge in [0.05, 0.1) is 5.92 Å². The SMILES string of the molecule is Cc1ccc(N2C[C@@H](C(=O)NCCC(c3ccccc3)c3ccccc3)CC2=O)cc1C. The van der Waals surface area contributed by atoms with E-state index in [1.165, 1.54) is 16.7 Å². The first kappa shape index (κ1) is 21.8. The van der Waals surface area contributed by atoms with Gasteiger partial charge in [-0.25, -0.2) is 0 Å². The molecule has 0 unspecified atom stereocenters. The molecule has 0 spiro atoms. The molecule has 1 heterocycles. The summed E-state index contributed by atoms with van der Waals surface area (Å²) in [4.78, 5) is 27.2. The fraction of sp³-hybridized carbons (Fsp3) is 0.286. The molecule has 1 aliphatic heterocycles. The molecular formula is C28H30N2O2. The van der Waals surface area contributed by atoms with Crippen molar-refractivity contribution in [1.29, 1.82) is 0 Å². The lowest BCUT2D eigenvalue weighted by molar-refractivity contribution is -0.126. The van der Waals surface area contributed by atoms with E-state index in [1.807, 2.05) is 37.3 Å². The smallest absolute Gasteiger partial charge is 0.227 e. The summed E-state index contributed by atoms with van der Waals surface area (Å²) in [6.07, 6.45) is 1.07. The van der Waals surface area contributed by atoms with E-state index in [-0.39, 0.29) is 30.1 Å². The van der Waals surface area contributed by atoms with Crippen LogP contribution >= 0.6 is 0 Å². The molecule has 4 nitrogen and oxygen atoms in total. The second-order valence-electron chi connectivity index (χ2n) is 8.63. The van der Waals surface area contributed by atoms with Crippen molar-refractivity contribution in [3.8, 4) is 0 Å². The number of hydrogen-bond donors (Lipinski definition) is 1. The van der Waals surface area contributed by atoms with Gasteiger partial charge in [-0.15, -0.1) is 0 Å². The number of carbonyl (C=O) groups is 2. The summed E-state index contributed by atoms with van der Waals surface area (Å²) in [5, 5.41) is 3.09. The van der Waals surface area contributed by atoms with E-state index in [9.17, 15) is 9.59 Å². The van der Waals surface area contributed by atoms with Crippen molar-refractivity contribution in [1.82, 2.24) is 5.32 Å². The zero-order chi connectivity index (χ0) is 22.5. The number of rotatable bonds is 7. The molecule has 1 atom stereocenters. The largest absolute Gasteiger partial charge is 0.356 e. The summed E-state index contributed by atoms with van der Waals surface area (Å²) < 4.78 is 0. The molecular weight excluding hydrogens is 396 g/mol. The van der Waals surface area contributed by atoms with Crippen molar-refractivity contribution in [3.05, 3.63) is 101 Å². The second kappa shape index (κ2) is 9.82. The Bertz CT molecular complexity index is 1040. The number of hydrogen-bond acceptors (Lipinski definition) is 2. The van der Waals surface area contributed by atoms with Crippen molar-refractivity contribution in [3.63, 3.8) is 0 Å². The van der Waals surface area contributed by atoms with Gasteiger partial charge in [0.15, 0.2) is 0 Å². The van der Waals surface area contributed by atoms with Crippen molar-refractivity contribution < 1.29 is 9.59 Å². The van der Waals surface area contributed by atoms with Crippen LogP contribution in [0, 0.1) is 19.8 Å². The van der Waals surface area contributed by atoms with Gasteiger partial charge in [-0.1, -0.05) is 66.7 Å². The van der Waals surface area contributed by atoms with E-state index in [0.717, 1.165) is 17.7 Å². The summed E-state index contributed by atoms with van der Waals surface area (Å²) in [5.74, 6) is -0.115. The third-order valence-corrected chi connectivity index (χ3v) is 6.43. The summed E-state index contributed by atoms with van der Waals surface area (Å²) in [6.45, 7) is 5.11. The maximum absolute atomic E-state index is 12.9. The fourth-order valence-corrected chi connectivity index (χ4v) is 4.41. The minimum atomic E-state index is -0.309. The molecule has 1 aliphatic rings. The predicted molar refractivity (Wildman–Crippen MR) is 129 cm³/mol. The van der Waals surface area contributed by atoms with Crippen molar-refractivity contribution >= 4 is 17.5 Å². The Labute approximate surface area is 190 Å². The van der Waals surface area contributed by atoms with E-state index in [4.69, 9.17) is 0 Å². The Morgan fingerprint density at radius 2 is 1.56 bits per heavy atom. The number of aryl methyl sites for hydroxylation is 2. The molecule has 0 saturated carbocycles. The van der Waals surface area contributed by atoms with Gasteiger partial charge in [0.2, 0.25) is 11.8 Å².